The smallest absolute Gasteiger partial charge is 0.151 e. The number of benzene rings is 2. The van der Waals surface area contributed by atoms with Gasteiger partial charge < -0.3 is 5.32 Å². The third kappa shape index (κ3) is 2.96. The van der Waals surface area contributed by atoms with Gasteiger partial charge in [0.15, 0.2) is 5.82 Å². The van der Waals surface area contributed by atoms with Crippen LogP contribution in [0.5, 0.6) is 0 Å². The summed E-state index contributed by atoms with van der Waals surface area (Å²) < 4.78 is 0.993. The molecule has 2 aromatic heterocycles. The molecule has 1 N–H and O–H groups in total. The lowest BCUT2D eigenvalue weighted by molar-refractivity contribution is 1.23. The zero-order valence-corrected chi connectivity index (χ0v) is 14.7. The van der Waals surface area contributed by atoms with Crippen molar-refractivity contribution in [2.75, 3.05) is 5.32 Å². The molecule has 118 valence electrons. The Labute approximate surface area is 152 Å². The van der Waals surface area contributed by atoms with Gasteiger partial charge in [-0.05, 0) is 23.8 Å². The monoisotopic (exact) mass is 371 g/mol. The molecule has 0 aliphatic heterocycles. The number of hydrogen-bond acceptors (Lipinski definition) is 4. The average Bonchev–Trinajstić information content (AvgIpc) is 3.00. The SMILES string of the molecule is Clc1cc(Cl)cc(Nc2ncnc3c(-c4ccccc4)csc23)c1. The highest BCUT2D eigenvalue weighted by Gasteiger charge is 2.12. The van der Waals surface area contributed by atoms with Crippen LogP contribution in [-0.4, -0.2) is 9.97 Å². The first-order chi connectivity index (χ1) is 11.7. The molecular formula is C18H11Cl2N3S. The maximum atomic E-state index is 6.06. The van der Waals surface area contributed by atoms with Crippen LogP contribution < -0.4 is 5.32 Å². The lowest BCUT2D eigenvalue weighted by Crippen LogP contribution is -1.94. The largest absolute Gasteiger partial charge is 0.339 e. The molecule has 4 rings (SSSR count). The molecule has 3 nitrogen and oxygen atoms in total. The lowest BCUT2D eigenvalue weighted by Gasteiger charge is -2.07. The van der Waals surface area contributed by atoms with Gasteiger partial charge in [-0.15, -0.1) is 11.3 Å². The van der Waals surface area contributed by atoms with Gasteiger partial charge >= 0.3 is 0 Å². The molecule has 0 amide bonds. The minimum atomic E-state index is 0.575. The molecule has 0 aliphatic rings. The van der Waals surface area contributed by atoms with Gasteiger partial charge in [0.2, 0.25) is 0 Å². The highest BCUT2D eigenvalue weighted by atomic mass is 35.5. The number of halogens is 2. The molecule has 2 aromatic carbocycles. The van der Waals surface area contributed by atoms with Gasteiger partial charge in [-0.1, -0.05) is 53.5 Å². The Bertz CT molecular complexity index is 995. The van der Waals surface area contributed by atoms with E-state index in [1.54, 1.807) is 23.7 Å². The minimum Gasteiger partial charge on any atom is -0.339 e. The molecule has 24 heavy (non-hydrogen) atoms. The van der Waals surface area contributed by atoms with Crippen LogP contribution in [0.25, 0.3) is 21.3 Å². The molecule has 6 heteroatoms. The van der Waals surface area contributed by atoms with Crippen molar-refractivity contribution >= 4 is 56.3 Å². The molecule has 4 aromatic rings. The molecule has 0 fully saturated rings. The number of anilines is 2. The first kappa shape index (κ1) is 15.4. The molecule has 0 spiro atoms. The van der Waals surface area contributed by atoms with Crippen molar-refractivity contribution < 1.29 is 0 Å². The molecule has 0 bridgehead atoms. The minimum absolute atomic E-state index is 0.575. The Balaban J connectivity index is 1.79. The summed E-state index contributed by atoms with van der Waals surface area (Å²) in [4.78, 5) is 8.83. The molecule has 0 saturated heterocycles. The third-order valence-corrected chi connectivity index (χ3v) is 4.98. The van der Waals surface area contributed by atoms with E-state index >= 15 is 0 Å². The molecular weight excluding hydrogens is 361 g/mol. The van der Waals surface area contributed by atoms with Crippen molar-refractivity contribution in [3.63, 3.8) is 0 Å². The highest BCUT2D eigenvalue weighted by molar-refractivity contribution is 7.18. The van der Waals surface area contributed by atoms with Crippen molar-refractivity contribution in [2.45, 2.75) is 0 Å². The van der Waals surface area contributed by atoms with Gasteiger partial charge in [0.25, 0.3) is 0 Å². The zero-order chi connectivity index (χ0) is 16.5. The van der Waals surface area contributed by atoms with Crippen LogP contribution in [-0.2, 0) is 0 Å². The summed E-state index contributed by atoms with van der Waals surface area (Å²) in [5, 5.41) is 6.54. The van der Waals surface area contributed by atoms with E-state index in [0.29, 0.717) is 10.0 Å². The quantitative estimate of drug-likeness (QED) is 0.452. The number of nitrogens with zero attached hydrogens (tertiary/aromatic N) is 2. The summed E-state index contributed by atoms with van der Waals surface area (Å²) in [5.74, 6) is 0.741. The summed E-state index contributed by atoms with van der Waals surface area (Å²) in [6, 6.07) is 15.5. The maximum absolute atomic E-state index is 6.06. The van der Waals surface area contributed by atoms with Crippen molar-refractivity contribution in [3.8, 4) is 11.1 Å². The van der Waals surface area contributed by atoms with E-state index in [-0.39, 0.29) is 0 Å². The molecule has 0 unspecified atom stereocenters. The Morgan fingerprint density at radius 3 is 2.42 bits per heavy atom. The van der Waals surface area contributed by atoms with Crippen LogP contribution >= 0.6 is 34.5 Å². The fourth-order valence-electron chi connectivity index (χ4n) is 2.53. The molecule has 0 atom stereocenters. The van der Waals surface area contributed by atoms with Gasteiger partial charge in [-0.25, -0.2) is 9.97 Å². The number of hydrogen-bond donors (Lipinski definition) is 1. The summed E-state index contributed by atoms with van der Waals surface area (Å²) in [6.45, 7) is 0. The number of fused-ring (bicyclic) bond motifs is 1. The van der Waals surface area contributed by atoms with Gasteiger partial charge in [0, 0.05) is 26.7 Å². The molecule has 0 radical (unpaired) electrons. The average molecular weight is 372 g/mol. The standard InChI is InChI=1S/C18H11Cl2N3S/c19-12-6-13(20)8-14(7-12)23-18-17-16(21-10-22-18)15(9-24-17)11-4-2-1-3-5-11/h1-10H,(H,21,22,23). The fourth-order valence-corrected chi connectivity index (χ4v) is 4.02. The molecule has 0 saturated carbocycles. The van der Waals surface area contributed by atoms with Crippen LogP contribution in [0.1, 0.15) is 0 Å². The van der Waals surface area contributed by atoms with Crippen molar-refractivity contribution in [3.05, 3.63) is 70.3 Å². The van der Waals surface area contributed by atoms with Gasteiger partial charge in [0.1, 0.15) is 6.33 Å². The number of rotatable bonds is 3. The summed E-state index contributed by atoms with van der Waals surface area (Å²) in [7, 11) is 0. The van der Waals surface area contributed by atoms with E-state index in [9.17, 15) is 0 Å². The van der Waals surface area contributed by atoms with E-state index in [1.165, 1.54) is 0 Å². The zero-order valence-electron chi connectivity index (χ0n) is 12.3. The fraction of sp³-hybridized carbons (Fsp3) is 0. The van der Waals surface area contributed by atoms with Gasteiger partial charge in [-0.2, -0.15) is 0 Å². The first-order valence-corrected chi connectivity index (χ1v) is 8.85. The van der Waals surface area contributed by atoms with E-state index in [0.717, 1.165) is 32.8 Å². The molecule has 0 aliphatic carbocycles. The second-order valence-electron chi connectivity index (χ2n) is 5.20. The summed E-state index contributed by atoms with van der Waals surface area (Å²) >= 11 is 13.7. The Morgan fingerprint density at radius 2 is 1.67 bits per heavy atom. The Hall–Kier alpha value is -2.14. The van der Waals surface area contributed by atoms with Crippen LogP contribution in [0.4, 0.5) is 11.5 Å². The van der Waals surface area contributed by atoms with Crippen molar-refractivity contribution in [1.29, 1.82) is 0 Å². The van der Waals surface area contributed by atoms with E-state index in [4.69, 9.17) is 23.2 Å². The second kappa shape index (κ2) is 6.40. The van der Waals surface area contributed by atoms with E-state index < -0.39 is 0 Å². The predicted molar refractivity (Wildman–Crippen MR) is 103 cm³/mol. The van der Waals surface area contributed by atoms with Crippen molar-refractivity contribution in [2.24, 2.45) is 0 Å². The predicted octanol–water partition coefficient (Wildman–Crippen LogP) is 6.41. The van der Waals surface area contributed by atoms with Gasteiger partial charge in [0.05, 0.1) is 10.2 Å². The van der Waals surface area contributed by atoms with Crippen LogP contribution in [0.3, 0.4) is 0 Å². The highest BCUT2D eigenvalue weighted by Crippen LogP contribution is 2.36. The topological polar surface area (TPSA) is 37.8 Å². The van der Waals surface area contributed by atoms with E-state index in [2.05, 4.69) is 32.8 Å². The third-order valence-electron chi connectivity index (χ3n) is 3.56. The Morgan fingerprint density at radius 1 is 0.917 bits per heavy atom. The second-order valence-corrected chi connectivity index (χ2v) is 6.95. The first-order valence-electron chi connectivity index (χ1n) is 7.21. The lowest BCUT2D eigenvalue weighted by atomic mass is 10.1. The van der Waals surface area contributed by atoms with E-state index in [1.807, 2.05) is 30.3 Å². The van der Waals surface area contributed by atoms with Crippen LogP contribution in [0.2, 0.25) is 10.0 Å². The van der Waals surface area contributed by atoms with Crippen LogP contribution in [0, 0.1) is 0 Å². The number of aromatic nitrogens is 2. The summed E-state index contributed by atoms with van der Waals surface area (Å²) in [6.07, 6.45) is 1.57. The number of nitrogens with one attached hydrogen (secondary N) is 1. The Kier molecular flexibility index (Phi) is 4.10. The molecule has 2 heterocycles. The van der Waals surface area contributed by atoms with Crippen LogP contribution in [0.15, 0.2) is 60.2 Å². The maximum Gasteiger partial charge on any atom is 0.151 e. The normalized spacial score (nSPS) is 10.9. The van der Waals surface area contributed by atoms with Gasteiger partial charge in [-0.3, -0.25) is 0 Å². The number of thiophene rings is 1. The van der Waals surface area contributed by atoms with Crippen molar-refractivity contribution in [1.82, 2.24) is 9.97 Å². The summed E-state index contributed by atoms with van der Waals surface area (Å²) in [5.41, 5.74) is 3.96.